The number of hydrogen-bond donors (Lipinski definition) is 1. The number of halogens is 1. The molecule has 1 aromatic rings. The lowest BCUT2D eigenvalue weighted by atomic mass is 10.1. The predicted octanol–water partition coefficient (Wildman–Crippen LogP) is 3.64. The number of hydrogen-bond acceptors (Lipinski definition) is 2. The van der Waals surface area contributed by atoms with E-state index in [1.165, 1.54) is 19.3 Å². The molecule has 4 nitrogen and oxygen atoms in total. The fourth-order valence-corrected chi connectivity index (χ4v) is 2.35. The number of nitrogens with two attached hydrogens (primary N) is 1. The molecule has 1 aliphatic heterocycles. The van der Waals surface area contributed by atoms with Crippen LogP contribution in [0.4, 0.5) is 0 Å². The van der Waals surface area contributed by atoms with E-state index in [-0.39, 0.29) is 24.0 Å². The Bertz CT molecular complexity index is 453. The van der Waals surface area contributed by atoms with Crippen molar-refractivity contribution in [3.05, 3.63) is 29.8 Å². The van der Waals surface area contributed by atoms with Crippen molar-refractivity contribution in [2.75, 3.05) is 19.7 Å². The van der Waals surface area contributed by atoms with Gasteiger partial charge in [0.1, 0.15) is 5.75 Å². The Morgan fingerprint density at radius 1 is 1.18 bits per heavy atom. The van der Waals surface area contributed by atoms with Crippen molar-refractivity contribution in [2.45, 2.75) is 39.7 Å². The van der Waals surface area contributed by atoms with E-state index in [1.54, 1.807) is 0 Å². The first-order valence-electron chi connectivity index (χ1n) is 7.92. The Morgan fingerprint density at radius 2 is 1.82 bits per heavy atom. The van der Waals surface area contributed by atoms with Crippen LogP contribution in [0.15, 0.2) is 29.3 Å². The third kappa shape index (κ3) is 6.42. The molecular weight excluding hydrogens is 389 g/mol. The van der Waals surface area contributed by atoms with Gasteiger partial charge in [0, 0.05) is 13.1 Å². The lowest BCUT2D eigenvalue weighted by Gasteiger charge is -2.27. The molecule has 22 heavy (non-hydrogen) atoms. The highest BCUT2D eigenvalue weighted by Crippen LogP contribution is 2.14. The van der Waals surface area contributed by atoms with Gasteiger partial charge >= 0.3 is 0 Å². The van der Waals surface area contributed by atoms with E-state index >= 15 is 0 Å². The van der Waals surface area contributed by atoms with Crippen LogP contribution in [0.3, 0.4) is 0 Å². The number of aliphatic imine (C=N–C) groups is 1. The number of piperidine rings is 1. The summed E-state index contributed by atoms with van der Waals surface area (Å²) in [6, 6.07) is 8.12. The van der Waals surface area contributed by atoms with E-state index < -0.39 is 0 Å². The summed E-state index contributed by atoms with van der Waals surface area (Å²) in [5, 5.41) is 0. The molecule has 2 rings (SSSR count). The fraction of sp³-hybridized carbons (Fsp3) is 0.588. The number of likely N-dealkylation sites (tertiary alicyclic amines) is 1. The quantitative estimate of drug-likeness (QED) is 0.452. The summed E-state index contributed by atoms with van der Waals surface area (Å²) in [5.74, 6) is 2.13. The van der Waals surface area contributed by atoms with E-state index in [2.05, 4.69) is 35.9 Å². The zero-order valence-electron chi connectivity index (χ0n) is 13.6. The zero-order chi connectivity index (χ0) is 15.1. The minimum absolute atomic E-state index is 0. The molecule has 0 unspecified atom stereocenters. The van der Waals surface area contributed by atoms with Gasteiger partial charge in [-0.25, -0.2) is 4.99 Å². The SMILES string of the molecule is CC(C)COc1ccc(CN=C(N)N2CCCCC2)cc1.I. The Morgan fingerprint density at radius 3 is 2.41 bits per heavy atom. The Balaban J connectivity index is 0.00000242. The first-order valence-corrected chi connectivity index (χ1v) is 7.92. The van der Waals surface area contributed by atoms with Gasteiger partial charge in [-0.15, -0.1) is 24.0 Å². The summed E-state index contributed by atoms with van der Waals surface area (Å²) in [4.78, 5) is 6.69. The Kier molecular flexibility index (Phi) is 8.60. The summed E-state index contributed by atoms with van der Waals surface area (Å²) >= 11 is 0. The average Bonchev–Trinajstić information content (AvgIpc) is 2.52. The van der Waals surface area contributed by atoms with Crippen molar-refractivity contribution in [2.24, 2.45) is 16.6 Å². The first-order chi connectivity index (χ1) is 10.1. The van der Waals surface area contributed by atoms with Crippen LogP contribution in [-0.4, -0.2) is 30.6 Å². The molecule has 1 fully saturated rings. The van der Waals surface area contributed by atoms with E-state index in [1.807, 2.05) is 12.1 Å². The van der Waals surface area contributed by atoms with Crippen molar-refractivity contribution >= 4 is 29.9 Å². The topological polar surface area (TPSA) is 50.9 Å². The zero-order valence-corrected chi connectivity index (χ0v) is 16.0. The third-order valence-electron chi connectivity index (χ3n) is 3.61. The smallest absolute Gasteiger partial charge is 0.191 e. The molecule has 0 atom stereocenters. The van der Waals surface area contributed by atoms with Crippen molar-refractivity contribution < 1.29 is 4.74 Å². The van der Waals surface area contributed by atoms with Gasteiger partial charge in [-0.3, -0.25) is 0 Å². The number of nitrogens with zero attached hydrogens (tertiary/aromatic N) is 2. The minimum Gasteiger partial charge on any atom is -0.493 e. The molecule has 124 valence electrons. The van der Waals surface area contributed by atoms with Gasteiger partial charge in [0.25, 0.3) is 0 Å². The van der Waals surface area contributed by atoms with Crippen molar-refractivity contribution in [3.63, 3.8) is 0 Å². The van der Waals surface area contributed by atoms with Crippen molar-refractivity contribution in [1.82, 2.24) is 4.90 Å². The van der Waals surface area contributed by atoms with Crippen molar-refractivity contribution in [1.29, 1.82) is 0 Å². The summed E-state index contributed by atoms with van der Waals surface area (Å²) in [6.45, 7) is 7.75. The number of ether oxygens (including phenoxy) is 1. The molecular formula is C17H28IN3O. The minimum atomic E-state index is 0. The summed E-state index contributed by atoms with van der Waals surface area (Å²) < 4.78 is 5.67. The maximum absolute atomic E-state index is 6.06. The van der Waals surface area contributed by atoms with E-state index in [4.69, 9.17) is 10.5 Å². The van der Waals surface area contributed by atoms with Crippen LogP contribution in [0.1, 0.15) is 38.7 Å². The molecule has 2 N–H and O–H groups in total. The van der Waals surface area contributed by atoms with Gasteiger partial charge in [0.15, 0.2) is 5.96 Å². The fourth-order valence-electron chi connectivity index (χ4n) is 2.35. The van der Waals surface area contributed by atoms with Crippen molar-refractivity contribution in [3.8, 4) is 5.75 Å². The van der Waals surface area contributed by atoms with Crippen LogP contribution >= 0.6 is 24.0 Å². The monoisotopic (exact) mass is 417 g/mol. The molecule has 0 bridgehead atoms. The molecule has 0 amide bonds. The van der Waals surface area contributed by atoms with Crippen LogP contribution in [0.5, 0.6) is 5.75 Å². The second-order valence-electron chi connectivity index (χ2n) is 6.07. The molecule has 0 saturated carbocycles. The highest BCUT2D eigenvalue weighted by molar-refractivity contribution is 14.0. The van der Waals surface area contributed by atoms with Gasteiger partial charge < -0.3 is 15.4 Å². The van der Waals surface area contributed by atoms with Gasteiger partial charge in [0.2, 0.25) is 0 Å². The number of guanidine groups is 1. The molecule has 0 aliphatic carbocycles. The van der Waals surface area contributed by atoms with Crippen LogP contribution in [0.25, 0.3) is 0 Å². The molecule has 0 spiro atoms. The molecule has 1 aliphatic rings. The van der Waals surface area contributed by atoms with E-state index in [9.17, 15) is 0 Å². The molecule has 0 aromatic heterocycles. The third-order valence-corrected chi connectivity index (χ3v) is 3.61. The summed E-state index contributed by atoms with van der Waals surface area (Å²) in [5.41, 5.74) is 7.22. The van der Waals surface area contributed by atoms with Crippen LogP contribution in [0, 0.1) is 5.92 Å². The lowest BCUT2D eigenvalue weighted by Crippen LogP contribution is -2.40. The Hall–Kier alpha value is -0.980. The van der Waals surface area contributed by atoms with Crippen LogP contribution in [-0.2, 0) is 6.54 Å². The van der Waals surface area contributed by atoms with Crippen LogP contribution in [0.2, 0.25) is 0 Å². The van der Waals surface area contributed by atoms with Crippen LogP contribution < -0.4 is 10.5 Å². The molecule has 1 saturated heterocycles. The van der Waals surface area contributed by atoms with Gasteiger partial charge in [0.05, 0.1) is 13.2 Å². The maximum atomic E-state index is 6.06. The maximum Gasteiger partial charge on any atom is 0.191 e. The lowest BCUT2D eigenvalue weighted by molar-refractivity contribution is 0.271. The van der Waals surface area contributed by atoms with Gasteiger partial charge in [-0.2, -0.15) is 0 Å². The van der Waals surface area contributed by atoms with Gasteiger partial charge in [-0.1, -0.05) is 26.0 Å². The highest BCUT2D eigenvalue weighted by Gasteiger charge is 2.11. The number of rotatable bonds is 5. The molecule has 0 radical (unpaired) electrons. The van der Waals surface area contributed by atoms with E-state index in [0.29, 0.717) is 18.4 Å². The predicted molar refractivity (Wildman–Crippen MR) is 103 cm³/mol. The molecule has 5 heteroatoms. The second-order valence-corrected chi connectivity index (χ2v) is 6.07. The average molecular weight is 417 g/mol. The highest BCUT2D eigenvalue weighted by atomic mass is 127. The number of benzene rings is 1. The summed E-state index contributed by atoms with van der Waals surface area (Å²) in [6.07, 6.45) is 3.75. The van der Waals surface area contributed by atoms with E-state index in [0.717, 1.165) is 31.0 Å². The standard InChI is InChI=1S/C17H27N3O.HI/c1-14(2)13-21-16-8-6-15(7-9-16)12-19-17(18)20-10-4-3-5-11-20;/h6-9,14H,3-5,10-13H2,1-2H3,(H2,18,19);1H. The molecule has 1 aromatic carbocycles. The Labute approximate surface area is 151 Å². The second kappa shape index (κ2) is 9.92. The largest absolute Gasteiger partial charge is 0.493 e. The molecule has 1 heterocycles. The first kappa shape index (κ1) is 19.1. The normalized spacial score (nSPS) is 15.6. The van der Waals surface area contributed by atoms with Gasteiger partial charge in [-0.05, 0) is 42.9 Å². The summed E-state index contributed by atoms with van der Waals surface area (Å²) in [7, 11) is 0.